The van der Waals surface area contributed by atoms with Gasteiger partial charge in [-0.1, -0.05) is 12.1 Å². The van der Waals surface area contributed by atoms with E-state index in [1.54, 1.807) is 11.8 Å². The predicted molar refractivity (Wildman–Crippen MR) is 87.9 cm³/mol. The summed E-state index contributed by atoms with van der Waals surface area (Å²) in [6, 6.07) is 7.89. The quantitative estimate of drug-likeness (QED) is 0.849. The van der Waals surface area contributed by atoms with Gasteiger partial charge in [-0.2, -0.15) is 0 Å². The predicted octanol–water partition coefficient (Wildman–Crippen LogP) is 2.85. The van der Waals surface area contributed by atoms with E-state index in [0.717, 1.165) is 36.9 Å². The minimum Gasteiger partial charge on any atom is -0.378 e. The van der Waals surface area contributed by atoms with Gasteiger partial charge < -0.3 is 10.1 Å². The molecule has 0 radical (unpaired) electrons. The molecule has 0 saturated carbocycles. The van der Waals surface area contributed by atoms with Crippen LogP contribution >= 0.6 is 11.8 Å². The van der Waals surface area contributed by atoms with E-state index in [1.807, 2.05) is 30.5 Å². The molecule has 0 spiro atoms. The molecule has 0 aliphatic carbocycles. The molecular formula is C16H24N2O2S. The molecule has 116 valence electrons. The maximum atomic E-state index is 12.2. The number of benzene rings is 1. The van der Waals surface area contributed by atoms with E-state index in [9.17, 15) is 4.79 Å². The Morgan fingerprint density at radius 1 is 1.43 bits per heavy atom. The minimum atomic E-state index is 0.00963. The molecule has 1 N–H and O–H groups in total. The van der Waals surface area contributed by atoms with E-state index in [2.05, 4.69) is 24.1 Å². The van der Waals surface area contributed by atoms with Crippen molar-refractivity contribution in [2.24, 2.45) is 0 Å². The normalized spacial score (nSPS) is 18.4. The second kappa shape index (κ2) is 7.29. The van der Waals surface area contributed by atoms with Crippen molar-refractivity contribution in [3.05, 3.63) is 24.3 Å². The first-order chi connectivity index (χ1) is 10.0. The molecule has 1 aliphatic rings. The second-order valence-corrected chi connectivity index (χ2v) is 6.70. The van der Waals surface area contributed by atoms with Crippen LogP contribution in [-0.2, 0) is 9.53 Å². The average molecular weight is 308 g/mol. The Morgan fingerprint density at radius 2 is 2.19 bits per heavy atom. The van der Waals surface area contributed by atoms with Gasteiger partial charge >= 0.3 is 0 Å². The molecule has 1 fully saturated rings. The summed E-state index contributed by atoms with van der Waals surface area (Å²) in [4.78, 5) is 15.6. The second-order valence-electron chi connectivity index (χ2n) is 5.85. The molecular weight excluding hydrogens is 284 g/mol. The SMILES string of the molecule is CSc1ccccc1NC(=O)CCN1CCOCC1(C)C. The van der Waals surface area contributed by atoms with Crippen LogP contribution in [0.15, 0.2) is 29.2 Å². The molecule has 5 heteroatoms. The molecule has 0 aromatic heterocycles. The lowest BCUT2D eigenvalue weighted by Crippen LogP contribution is -2.53. The number of hydrogen-bond donors (Lipinski definition) is 1. The molecule has 1 saturated heterocycles. The van der Waals surface area contributed by atoms with Gasteiger partial charge in [0.15, 0.2) is 0 Å². The summed E-state index contributed by atoms with van der Waals surface area (Å²) < 4.78 is 5.50. The number of hydrogen-bond acceptors (Lipinski definition) is 4. The molecule has 1 aliphatic heterocycles. The van der Waals surface area contributed by atoms with Gasteiger partial charge in [-0.15, -0.1) is 11.8 Å². The molecule has 1 amide bonds. The van der Waals surface area contributed by atoms with E-state index in [1.165, 1.54) is 0 Å². The Morgan fingerprint density at radius 3 is 2.90 bits per heavy atom. The van der Waals surface area contributed by atoms with Crippen LogP contribution in [0, 0.1) is 0 Å². The summed E-state index contributed by atoms with van der Waals surface area (Å²) in [6.45, 7) is 7.45. The molecule has 4 nitrogen and oxygen atoms in total. The van der Waals surface area contributed by atoms with Crippen molar-refractivity contribution in [3.63, 3.8) is 0 Å². The van der Waals surface area contributed by atoms with E-state index in [0.29, 0.717) is 6.42 Å². The topological polar surface area (TPSA) is 41.6 Å². The van der Waals surface area contributed by atoms with Gasteiger partial charge in [0.1, 0.15) is 0 Å². The van der Waals surface area contributed by atoms with Gasteiger partial charge in [-0.05, 0) is 32.2 Å². The van der Waals surface area contributed by atoms with E-state index in [-0.39, 0.29) is 11.4 Å². The third-order valence-corrected chi connectivity index (χ3v) is 4.60. The number of amides is 1. The monoisotopic (exact) mass is 308 g/mol. The molecule has 1 heterocycles. The Hall–Kier alpha value is -1.04. The van der Waals surface area contributed by atoms with Crippen molar-refractivity contribution in [2.45, 2.75) is 30.7 Å². The molecule has 0 unspecified atom stereocenters. The van der Waals surface area contributed by atoms with Crippen molar-refractivity contribution in [1.82, 2.24) is 4.90 Å². The highest BCUT2D eigenvalue weighted by molar-refractivity contribution is 7.98. The number of nitrogens with zero attached hydrogens (tertiary/aromatic N) is 1. The van der Waals surface area contributed by atoms with Crippen molar-refractivity contribution in [1.29, 1.82) is 0 Å². The first kappa shape index (κ1) is 16.3. The zero-order chi connectivity index (χ0) is 15.3. The lowest BCUT2D eigenvalue weighted by Gasteiger charge is -2.42. The first-order valence-electron chi connectivity index (χ1n) is 7.28. The lowest BCUT2D eigenvalue weighted by molar-refractivity contribution is -0.117. The molecule has 2 rings (SSSR count). The Bertz CT molecular complexity index is 491. The average Bonchev–Trinajstić information content (AvgIpc) is 2.46. The zero-order valence-electron chi connectivity index (χ0n) is 13.0. The number of ether oxygens (including phenoxy) is 1. The van der Waals surface area contributed by atoms with Gasteiger partial charge in [0.2, 0.25) is 5.91 Å². The first-order valence-corrected chi connectivity index (χ1v) is 8.51. The number of morpholine rings is 1. The number of rotatable bonds is 5. The van der Waals surface area contributed by atoms with Gasteiger partial charge in [0.05, 0.1) is 18.9 Å². The summed E-state index contributed by atoms with van der Waals surface area (Å²) >= 11 is 1.64. The summed E-state index contributed by atoms with van der Waals surface area (Å²) in [5.41, 5.74) is 0.909. The van der Waals surface area contributed by atoms with Crippen LogP contribution in [0.1, 0.15) is 20.3 Å². The maximum Gasteiger partial charge on any atom is 0.225 e. The van der Waals surface area contributed by atoms with Crippen molar-refractivity contribution in [2.75, 3.05) is 37.9 Å². The Balaban J connectivity index is 1.87. The number of nitrogens with one attached hydrogen (secondary N) is 1. The molecule has 1 aromatic rings. The van der Waals surface area contributed by atoms with Crippen LogP contribution in [0.25, 0.3) is 0 Å². The number of thioether (sulfide) groups is 1. The zero-order valence-corrected chi connectivity index (χ0v) is 13.8. The van der Waals surface area contributed by atoms with Crippen LogP contribution in [0.2, 0.25) is 0 Å². The van der Waals surface area contributed by atoms with Crippen LogP contribution in [0.3, 0.4) is 0 Å². The van der Waals surface area contributed by atoms with Crippen molar-refractivity contribution < 1.29 is 9.53 Å². The standard InChI is InChI=1S/C16H24N2O2S/c1-16(2)12-20-11-10-18(16)9-8-15(19)17-13-6-4-5-7-14(13)21-3/h4-7H,8-12H2,1-3H3,(H,17,19). The fraction of sp³-hybridized carbons (Fsp3) is 0.562. The van der Waals surface area contributed by atoms with Gasteiger partial charge in [-0.3, -0.25) is 9.69 Å². The summed E-state index contributed by atoms with van der Waals surface area (Å²) in [5.74, 6) is 0.0683. The van der Waals surface area contributed by atoms with Gasteiger partial charge in [0, 0.05) is 29.9 Å². The van der Waals surface area contributed by atoms with E-state index >= 15 is 0 Å². The van der Waals surface area contributed by atoms with Gasteiger partial charge in [-0.25, -0.2) is 0 Å². The Labute approximate surface area is 131 Å². The third-order valence-electron chi connectivity index (χ3n) is 3.81. The number of carbonyl (C=O) groups excluding carboxylic acids is 1. The fourth-order valence-corrected chi connectivity index (χ4v) is 3.06. The Kier molecular flexibility index (Phi) is 5.67. The minimum absolute atomic E-state index is 0.00963. The maximum absolute atomic E-state index is 12.2. The van der Waals surface area contributed by atoms with E-state index < -0.39 is 0 Å². The van der Waals surface area contributed by atoms with Crippen LogP contribution in [-0.4, -0.2) is 48.9 Å². The molecule has 1 aromatic carbocycles. The summed E-state index contributed by atoms with van der Waals surface area (Å²) in [6.07, 6.45) is 2.52. The lowest BCUT2D eigenvalue weighted by atomic mass is 10.0. The van der Waals surface area contributed by atoms with Crippen LogP contribution in [0.4, 0.5) is 5.69 Å². The molecule has 0 atom stereocenters. The fourth-order valence-electron chi connectivity index (χ4n) is 2.50. The largest absolute Gasteiger partial charge is 0.378 e. The van der Waals surface area contributed by atoms with Crippen LogP contribution < -0.4 is 5.32 Å². The summed E-state index contributed by atoms with van der Waals surface area (Å²) in [5, 5.41) is 3.01. The highest BCUT2D eigenvalue weighted by atomic mass is 32.2. The van der Waals surface area contributed by atoms with Gasteiger partial charge in [0.25, 0.3) is 0 Å². The van der Waals surface area contributed by atoms with E-state index in [4.69, 9.17) is 4.74 Å². The molecule has 0 bridgehead atoms. The number of anilines is 1. The van der Waals surface area contributed by atoms with Crippen LogP contribution in [0.5, 0.6) is 0 Å². The highest BCUT2D eigenvalue weighted by Crippen LogP contribution is 2.25. The summed E-state index contributed by atoms with van der Waals surface area (Å²) in [7, 11) is 0. The third kappa shape index (κ3) is 4.46. The number of carbonyl (C=O) groups is 1. The number of para-hydroxylation sites is 1. The van der Waals surface area contributed by atoms with Crippen molar-refractivity contribution >= 4 is 23.4 Å². The smallest absolute Gasteiger partial charge is 0.225 e. The van der Waals surface area contributed by atoms with Crippen molar-refractivity contribution in [3.8, 4) is 0 Å². The molecule has 21 heavy (non-hydrogen) atoms. The highest BCUT2D eigenvalue weighted by Gasteiger charge is 2.30.